The molecule has 1 amide bonds. The second kappa shape index (κ2) is 13.5. The maximum absolute atomic E-state index is 12.4. The molecular formula is C21H32IN5OS. The molecule has 0 bridgehead atoms. The summed E-state index contributed by atoms with van der Waals surface area (Å²) in [4.78, 5) is 23.3. The third kappa shape index (κ3) is 8.30. The number of nitrogens with zero attached hydrogens (tertiary/aromatic N) is 3. The molecule has 6 nitrogen and oxygen atoms in total. The minimum absolute atomic E-state index is 0. The van der Waals surface area contributed by atoms with Gasteiger partial charge in [0.25, 0.3) is 5.91 Å². The molecule has 1 aromatic heterocycles. The van der Waals surface area contributed by atoms with Gasteiger partial charge in [0.15, 0.2) is 5.96 Å². The van der Waals surface area contributed by atoms with Crippen molar-refractivity contribution in [3.05, 3.63) is 51.5 Å². The molecule has 1 aromatic carbocycles. The van der Waals surface area contributed by atoms with Gasteiger partial charge in [0.05, 0.1) is 17.2 Å². The number of carbonyl (C=O) groups excluding carboxylic acids is 1. The Morgan fingerprint density at radius 1 is 1.14 bits per heavy atom. The van der Waals surface area contributed by atoms with Gasteiger partial charge in [-0.2, -0.15) is 0 Å². The van der Waals surface area contributed by atoms with E-state index in [1.54, 1.807) is 11.3 Å². The highest BCUT2D eigenvalue weighted by molar-refractivity contribution is 14.0. The van der Waals surface area contributed by atoms with Crippen LogP contribution >= 0.6 is 35.3 Å². The van der Waals surface area contributed by atoms with Crippen molar-refractivity contribution in [2.75, 3.05) is 26.2 Å². The minimum Gasteiger partial charge on any atom is -0.357 e. The van der Waals surface area contributed by atoms with Crippen LogP contribution in [-0.4, -0.2) is 47.9 Å². The van der Waals surface area contributed by atoms with Gasteiger partial charge in [-0.3, -0.25) is 4.79 Å². The molecule has 0 aliphatic rings. The van der Waals surface area contributed by atoms with Crippen LogP contribution in [0.15, 0.2) is 34.6 Å². The van der Waals surface area contributed by atoms with Crippen molar-refractivity contribution in [2.24, 2.45) is 4.99 Å². The molecule has 29 heavy (non-hydrogen) atoms. The first kappa shape index (κ1) is 25.4. The first-order valence-corrected chi connectivity index (χ1v) is 10.8. The Kier molecular flexibility index (Phi) is 11.8. The van der Waals surface area contributed by atoms with Crippen molar-refractivity contribution in [1.29, 1.82) is 0 Å². The van der Waals surface area contributed by atoms with E-state index in [-0.39, 0.29) is 29.9 Å². The fourth-order valence-corrected chi connectivity index (χ4v) is 3.44. The van der Waals surface area contributed by atoms with Crippen LogP contribution in [0.5, 0.6) is 0 Å². The number of aryl methyl sites for hydroxylation is 1. The number of hydrogen-bond donors (Lipinski definition) is 2. The summed E-state index contributed by atoms with van der Waals surface area (Å²) >= 11 is 1.68. The summed E-state index contributed by atoms with van der Waals surface area (Å²) in [6, 6.07) is 7.72. The van der Waals surface area contributed by atoms with E-state index in [4.69, 9.17) is 0 Å². The zero-order valence-electron chi connectivity index (χ0n) is 17.7. The number of benzene rings is 1. The van der Waals surface area contributed by atoms with Crippen molar-refractivity contribution in [3.8, 4) is 0 Å². The molecule has 0 atom stereocenters. The molecule has 0 aliphatic carbocycles. The van der Waals surface area contributed by atoms with E-state index in [0.717, 1.165) is 60.4 Å². The largest absolute Gasteiger partial charge is 0.357 e. The van der Waals surface area contributed by atoms with Crippen LogP contribution in [0, 0.1) is 6.92 Å². The first-order chi connectivity index (χ1) is 13.6. The molecule has 0 saturated heterocycles. The van der Waals surface area contributed by atoms with Crippen LogP contribution in [-0.2, 0) is 13.0 Å². The molecule has 0 radical (unpaired) electrons. The van der Waals surface area contributed by atoms with Gasteiger partial charge in [0.2, 0.25) is 0 Å². The van der Waals surface area contributed by atoms with E-state index in [9.17, 15) is 4.79 Å². The van der Waals surface area contributed by atoms with Gasteiger partial charge >= 0.3 is 0 Å². The predicted molar refractivity (Wildman–Crippen MR) is 132 cm³/mol. The lowest BCUT2D eigenvalue weighted by atomic mass is 10.1. The second-order valence-electron chi connectivity index (χ2n) is 6.40. The Morgan fingerprint density at radius 3 is 2.38 bits per heavy atom. The maximum atomic E-state index is 12.4. The van der Waals surface area contributed by atoms with Crippen molar-refractivity contribution in [2.45, 2.75) is 40.7 Å². The SMILES string of the molecule is CCNC(=NCc1ccc(C(=O)N(CC)CC)cc1)NCCc1csc(C)n1.I. The predicted octanol–water partition coefficient (Wildman–Crippen LogP) is 3.85. The van der Waals surface area contributed by atoms with E-state index in [1.807, 2.05) is 49.9 Å². The van der Waals surface area contributed by atoms with E-state index in [0.29, 0.717) is 6.54 Å². The van der Waals surface area contributed by atoms with Crippen molar-refractivity contribution < 1.29 is 4.79 Å². The van der Waals surface area contributed by atoms with Crippen molar-refractivity contribution in [3.63, 3.8) is 0 Å². The average Bonchev–Trinajstić information content (AvgIpc) is 3.12. The number of halogens is 1. The van der Waals surface area contributed by atoms with Crippen molar-refractivity contribution in [1.82, 2.24) is 20.5 Å². The highest BCUT2D eigenvalue weighted by Gasteiger charge is 2.11. The van der Waals surface area contributed by atoms with Gasteiger partial charge in [0, 0.05) is 43.5 Å². The number of nitrogens with one attached hydrogen (secondary N) is 2. The Hall–Kier alpha value is -1.68. The van der Waals surface area contributed by atoms with Crippen LogP contribution in [0.25, 0.3) is 0 Å². The Balaban J connectivity index is 0.00000420. The van der Waals surface area contributed by atoms with E-state index in [2.05, 4.69) is 32.9 Å². The summed E-state index contributed by atoms with van der Waals surface area (Å²) in [6.07, 6.45) is 0.872. The van der Waals surface area contributed by atoms with Gasteiger partial charge in [-0.25, -0.2) is 9.98 Å². The molecule has 160 valence electrons. The molecule has 1 heterocycles. The minimum atomic E-state index is 0. The van der Waals surface area contributed by atoms with Gasteiger partial charge in [-0.05, 0) is 45.4 Å². The number of amides is 1. The molecule has 0 unspecified atom stereocenters. The lowest BCUT2D eigenvalue weighted by Crippen LogP contribution is -2.38. The van der Waals surface area contributed by atoms with Crippen LogP contribution in [0.2, 0.25) is 0 Å². The second-order valence-corrected chi connectivity index (χ2v) is 7.47. The highest BCUT2D eigenvalue weighted by Crippen LogP contribution is 2.09. The molecular weight excluding hydrogens is 497 g/mol. The fourth-order valence-electron chi connectivity index (χ4n) is 2.79. The third-order valence-electron chi connectivity index (χ3n) is 4.36. The normalized spacial score (nSPS) is 11.0. The van der Waals surface area contributed by atoms with Crippen LogP contribution in [0.4, 0.5) is 0 Å². The average molecular weight is 529 g/mol. The quantitative estimate of drug-likeness (QED) is 0.294. The molecule has 2 N–H and O–H groups in total. The molecule has 0 spiro atoms. The lowest BCUT2D eigenvalue weighted by molar-refractivity contribution is 0.0773. The molecule has 0 saturated carbocycles. The van der Waals surface area contributed by atoms with E-state index >= 15 is 0 Å². The summed E-state index contributed by atoms with van der Waals surface area (Å²) in [6.45, 7) is 11.7. The first-order valence-electron chi connectivity index (χ1n) is 9.88. The maximum Gasteiger partial charge on any atom is 0.253 e. The van der Waals surface area contributed by atoms with Crippen LogP contribution in [0.3, 0.4) is 0 Å². The zero-order valence-corrected chi connectivity index (χ0v) is 20.8. The number of rotatable bonds is 9. The topological polar surface area (TPSA) is 69.6 Å². The number of aliphatic imine (C=N–C) groups is 1. The number of carbonyl (C=O) groups is 1. The summed E-state index contributed by atoms with van der Waals surface area (Å²) in [7, 11) is 0. The highest BCUT2D eigenvalue weighted by atomic mass is 127. The number of hydrogen-bond acceptors (Lipinski definition) is 4. The fraction of sp³-hybridized carbons (Fsp3) is 0.476. The zero-order chi connectivity index (χ0) is 20.4. The molecule has 0 fully saturated rings. The standard InChI is InChI=1S/C21H31N5OS.HI/c1-5-22-21(23-13-12-19-15-28-16(4)25-19)24-14-17-8-10-18(11-9-17)20(27)26(6-2)7-3;/h8-11,15H,5-7,12-14H2,1-4H3,(H2,22,23,24);1H. The number of aromatic nitrogens is 1. The lowest BCUT2D eigenvalue weighted by Gasteiger charge is -2.18. The summed E-state index contributed by atoms with van der Waals surface area (Å²) in [5.41, 5.74) is 2.91. The molecule has 0 aliphatic heterocycles. The van der Waals surface area contributed by atoms with E-state index in [1.165, 1.54) is 0 Å². The van der Waals surface area contributed by atoms with Crippen LogP contribution in [0.1, 0.15) is 47.4 Å². The van der Waals surface area contributed by atoms with Crippen LogP contribution < -0.4 is 10.6 Å². The molecule has 8 heteroatoms. The Bertz CT molecular complexity index is 772. The van der Waals surface area contributed by atoms with Gasteiger partial charge in [0.1, 0.15) is 0 Å². The monoisotopic (exact) mass is 529 g/mol. The van der Waals surface area contributed by atoms with E-state index < -0.39 is 0 Å². The smallest absolute Gasteiger partial charge is 0.253 e. The summed E-state index contributed by atoms with van der Waals surface area (Å²) < 4.78 is 0. The van der Waals surface area contributed by atoms with Gasteiger partial charge in [-0.1, -0.05) is 12.1 Å². The number of guanidine groups is 1. The third-order valence-corrected chi connectivity index (χ3v) is 5.18. The van der Waals surface area contributed by atoms with Crippen molar-refractivity contribution >= 4 is 47.2 Å². The number of thiazole rings is 1. The van der Waals surface area contributed by atoms with Gasteiger partial charge < -0.3 is 15.5 Å². The Morgan fingerprint density at radius 2 is 1.83 bits per heavy atom. The summed E-state index contributed by atoms with van der Waals surface area (Å²) in [5, 5.41) is 9.81. The molecule has 2 rings (SSSR count). The Labute approximate surface area is 195 Å². The summed E-state index contributed by atoms with van der Waals surface area (Å²) in [5.74, 6) is 0.866. The molecule has 2 aromatic rings. The van der Waals surface area contributed by atoms with Gasteiger partial charge in [-0.15, -0.1) is 35.3 Å².